The first kappa shape index (κ1) is 11.7. The lowest BCUT2D eigenvalue weighted by atomic mass is 10.1. The molecule has 2 rings (SSSR count). The molecule has 0 bridgehead atoms. The zero-order valence-electron chi connectivity index (χ0n) is 9.95. The Hall–Kier alpha value is -0.790. The summed E-state index contributed by atoms with van der Waals surface area (Å²) in [6, 6.07) is 4.06. The third kappa shape index (κ3) is 2.31. The summed E-state index contributed by atoms with van der Waals surface area (Å²) in [7, 11) is -2.86. The Morgan fingerprint density at radius 1 is 1.25 bits per heavy atom. The van der Waals surface area contributed by atoms with Crippen molar-refractivity contribution < 1.29 is 13.6 Å². The highest BCUT2D eigenvalue weighted by Crippen LogP contribution is 2.53. The van der Waals surface area contributed by atoms with Crippen LogP contribution in [0.5, 0.6) is 5.75 Å². The van der Waals surface area contributed by atoms with E-state index in [1.165, 1.54) is 5.56 Å². The largest absolute Gasteiger partial charge is 0.424 e. The number of rotatable bonds is 2. The molecule has 0 aromatic heterocycles. The van der Waals surface area contributed by atoms with Gasteiger partial charge in [-0.25, -0.2) is 4.57 Å². The number of hydrogen-bond donors (Lipinski definition) is 0. The quantitative estimate of drug-likeness (QED) is 0.741. The zero-order valence-corrected chi connectivity index (χ0v) is 10.8. The predicted molar refractivity (Wildman–Crippen MR) is 64.3 cm³/mol. The average Bonchev–Trinajstić information content (AvgIpc) is 2.59. The van der Waals surface area contributed by atoms with Gasteiger partial charge in [0.05, 0.1) is 12.8 Å². The molecule has 1 saturated heterocycles. The third-order valence-electron chi connectivity index (χ3n) is 2.70. The molecule has 88 valence electrons. The summed E-state index contributed by atoms with van der Waals surface area (Å²) < 4.78 is 23.0. The summed E-state index contributed by atoms with van der Waals surface area (Å²) in [6.07, 6.45) is 1.35. The van der Waals surface area contributed by atoms with Crippen molar-refractivity contribution in [1.29, 1.82) is 0 Å². The van der Waals surface area contributed by atoms with Gasteiger partial charge in [-0.1, -0.05) is 17.7 Å². The smallest absolute Gasteiger partial charge is 0.379 e. The molecule has 1 fully saturated rings. The van der Waals surface area contributed by atoms with Gasteiger partial charge in [-0.05, 0) is 38.3 Å². The minimum atomic E-state index is -2.86. The zero-order chi connectivity index (χ0) is 11.8. The van der Waals surface area contributed by atoms with Gasteiger partial charge in [0.2, 0.25) is 0 Å². The summed E-state index contributed by atoms with van der Waals surface area (Å²) >= 11 is 0. The average molecular weight is 240 g/mol. The Balaban J connectivity index is 2.31. The molecule has 0 N–H and O–H groups in total. The molecule has 1 atom stereocenters. The molecule has 1 aliphatic heterocycles. The van der Waals surface area contributed by atoms with Gasteiger partial charge in [0.25, 0.3) is 0 Å². The molecule has 0 spiro atoms. The van der Waals surface area contributed by atoms with Gasteiger partial charge < -0.3 is 4.52 Å². The van der Waals surface area contributed by atoms with Crippen molar-refractivity contribution in [2.45, 2.75) is 27.2 Å². The first-order valence-electron chi connectivity index (χ1n) is 5.51. The second kappa shape index (κ2) is 4.23. The standard InChI is InChI=1S/C12H17O3P/c1-9-7-10(2)12(11(3)8-9)15-16(13)6-4-5-14-16/h7-8H,4-6H2,1-3H3. The van der Waals surface area contributed by atoms with E-state index in [9.17, 15) is 4.57 Å². The van der Waals surface area contributed by atoms with Gasteiger partial charge in [0, 0.05) is 0 Å². The molecule has 0 aliphatic carbocycles. The highest BCUT2D eigenvalue weighted by molar-refractivity contribution is 7.54. The Morgan fingerprint density at radius 2 is 1.88 bits per heavy atom. The Kier molecular flexibility index (Phi) is 3.09. The van der Waals surface area contributed by atoms with E-state index >= 15 is 0 Å². The van der Waals surface area contributed by atoms with E-state index < -0.39 is 7.60 Å². The van der Waals surface area contributed by atoms with Gasteiger partial charge in [0.15, 0.2) is 0 Å². The van der Waals surface area contributed by atoms with Crippen LogP contribution in [0.2, 0.25) is 0 Å². The maximum Gasteiger partial charge on any atom is 0.379 e. The third-order valence-corrected chi connectivity index (χ3v) is 4.60. The Labute approximate surface area is 96.3 Å². The molecule has 4 heteroatoms. The van der Waals surface area contributed by atoms with Crippen LogP contribution in [0.15, 0.2) is 12.1 Å². The summed E-state index contributed by atoms with van der Waals surface area (Å²) in [5.74, 6) is 0.718. The van der Waals surface area contributed by atoms with Gasteiger partial charge in [0.1, 0.15) is 5.75 Å². The first-order valence-corrected chi connectivity index (χ1v) is 7.24. The molecular formula is C12H17O3P. The van der Waals surface area contributed by atoms with Gasteiger partial charge >= 0.3 is 7.60 Å². The second-order valence-electron chi connectivity index (χ2n) is 4.34. The van der Waals surface area contributed by atoms with Crippen molar-refractivity contribution in [3.05, 3.63) is 28.8 Å². The molecule has 16 heavy (non-hydrogen) atoms. The minimum Gasteiger partial charge on any atom is -0.424 e. The SMILES string of the molecule is Cc1cc(C)c(OP2(=O)CCCO2)c(C)c1. The van der Waals surface area contributed by atoms with Crippen molar-refractivity contribution in [1.82, 2.24) is 0 Å². The van der Waals surface area contributed by atoms with Gasteiger partial charge in [-0.3, -0.25) is 4.52 Å². The van der Waals surface area contributed by atoms with Crippen molar-refractivity contribution in [3.8, 4) is 5.75 Å². The van der Waals surface area contributed by atoms with E-state index in [0.717, 1.165) is 23.3 Å². The van der Waals surface area contributed by atoms with E-state index in [1.54, 1.807) is 0 Å². The first-order chi connectivity index (χ1) is 7.50. The van der Waals surface area contributed by atoms with Crippen LogP contribution in [0.1, 0.15) is 23.1 Å². The molecule has 3 nitrogen and oxygen atoms in total. The lowest BCUT2D eigenvalue weighted by Gasteiger charge is -2.17. The maximum absolute atomic E-state index is 12.1. The molecule has 0 saturated carbocycles. The van der Waals surface area contributed by atoms with Crippen LogP contribution >= 0.6 is 7.60 Å². The van der Waals surface area contributed by atoms with Crippen LogP contribution in [0.3, 0.4) is 0 Å². The molecule has 1 aromatic carbocycles. The molecular weight excluding hydrogens is 223 g/mol. The molecule has 1 unspecified atom stereocenters. The van der Waals surface area contributed by atoms with Crippen LogP contribution in [-0.4, -0.2) is 12.8 Å². The molecule has 1 aromatic rings. The van der Waals surface area contributed by atoms with Crippen molar-refractivity contribution in [2.24, 2.45) is 0 Å². The number of aryl methyl sites for hydroxylation is 3. The second-order valence-corrected chi connectivity index (χ2v) is 6.45. The van der Waals surface area contributed by atoms with Crippen LogP contribution < -0.4 is 4.52 Å². The topological polar surface area (TPSA) is 35.5 Å². The Morgan fingerprint density at radius 3 is 2.38 bits per heavy atom. The normalized spacial score (nSPS) is 24.7. The minimum absolute atomic E-state index is 0.528. The Bertz CT molecular complexity index is 421. The van der Waals surface area contributed by atoms with Crippen molar-refractivity contribution in [2.75, 3.05) is 12.8 Å². The van der Waals surface area contributed by atoms with Crippen LogP contribution in [0.25, 0.3) is 0 Å². The van der Waals surface area contributed by atoms with E-state index in [4.69, 9.17) is 9.05 Å². The fourth-order valence-electron chi connectivity index (χ4n) is 2.05. The fourth-order valence-corrected chi connectivity index (χ4v) is 3.81. The summed E-state index contributed by atoms with van der Waals surface area (Å²) in [6.45, 7) is 6.52. The van der Waals surface area contributed by atoms with Crippen LogP contribution in [0, 0.1) is 20.8 Å². The molecule has 0 amide bonds. The summed E-state index contributed by atoms with van der Waals surface area (Å²) in [5.41, 5.74) is 3.22. The van der Waals surface area contributed by atoms with Crippen molar-refractivity contribution >= 4 is 7.60 Å². The van der Waals surface area contributed by atoms with E-state index in [0.29, 0.717) is 12.8 Å². The van der Waals surface area contributed by atoms with Crippen LogP contribution in [-0.2, 0) is 9.09 Å². The molecule has 1 aliphatic rings. The van der Waals surface area contributed by atoms with Crippen LogP contribution in [0.4, 0.5) is 0 Å². The lowest BCUT2D eigenvalue weighted by Crippen LogP contribution is -1.98. The maximum atomic E-state index is 12.1. The number of hydrogen-bond acceptors (Lipinski definition) is 3. The highest BCUT2D eigenvalue weighted by atomic mass is 31.2. The van der Waals surface area contributed by atoms with E-state index in [2.05, 4.69) is 0 Å². The molecule has 1 heterocycles. The fraction of sp³-hybridized carbons (Fsp3) is 0.500. The highest BCUT2D eigenvalue weighted by Gasteiger charge is 2.32. The van der Waals surface area contributed by atoms with Crippen molar-refractivity contribution in [3.63, 3.8) is 0 Å². The summed E-state index contributed by atoms with van der Waals surface area (Å²) in [5, 5.41) is 0. The molecule has 0 radical (unpaired) electrons. The lowest BCUT2D eigenvalue weighted by molar-refractivity contribution is 0.300. The van der Waals surface area contributed by atoms with Gasteiger partial charge in [-0.15, -0.1) is 0 Å². The summed E-state index contributed by atoms with van der Waals surface area (Å²) in [4.78, 5) is 0. The van der Waals surface area contributed by atoms with E-state index in [-0.39, 0.29) is 0 Å². The van der Waals surface area contributed by atoms with Gasteiger partial charge in [-0.2, -0.15) is 0 Å². The monoisotopic (exact) mass is 240 g/mol. The number of benzene rings is 1. The van der Waals surface area contributed by atoms with E-state index in [1.807, 2.05) is 32.9 Å². The predicted octanol–water partition coefficient (Wildman–Crippen LogP) is 3.60.